The van der Waals surface area contributed by atoms with Crippen molar-refractivity contribution in [1.82, 2.24) is 10.2 Å². The van der Waals surface area contributed by atoms with Crippen LogP contribution >= 0.6 is 0 Å². The summed E-state index contributed by atoms with van der Waals surface area (Å²) in [6.07, 6.45) is 3.24. The van der Waals surface area contributed by atoms with E-state index in [4.69, 9.17) is 0 Å². The van der Waals surface area contributed by atoms with E-state index in [9.17, 15) is 0 Å². The van der Waals surface area contributed by atoms with Crippen molar-refractivity contribution in [3.63, 3.8) is 0 Å². The molecular formula is C8H12N2. The molecule has 0 spiro atoms. The molecule has 54 valence electrons. The molecule has 2 rings (SSSR count). The Balaban J connectivity index is 2.48. The summed E-state index contributed by atoms with van der Waals surface area (Å²) in [5.41, 5.74) is 2.78. The Hall–Kier alpha value is -0.790. The van der Waals surface area contributed by atoms with Gasteiger partial charge in [-0.1, -0.05) is 13.8 Å². The minimum atomic E-state index is 0.687. The molecule has 0 radical (unpaired) electrons. The monoisotopic (exact) mass is 136 g/mol. The SMILES string of the molecule is C[C@@H]1C[C@H](C)c2cn[nH]c21. The minimum Gasteiger partial charge on any atom is -0.282 e. The minimum absolute atomic E-state index is 0.687. The topological polar surface area (TPSA) is 28.7 Å². The van der Waals surface area contributed by atoms with E-state index in [-0.39, 0.29) is 0 Å². The first-order chi connectivity index (χ1) is 4.79. The van der Waals surface area contributed by atoms with Crippen LogP contribution in [-0.4, -0.2) is 10.2 Å². The van der Waals surface area contributed by atoms with Crippen molar-refractivity contribution >= 4 is 0 Å². The fourth-order valence-corrected chi connectivity index (χ4v) is 1.87. The van der Waals surface area contributed by atoms with Gasteiger partial charge in [0.2, 0.25) is 0 Å². The predicted octanol–water partition coefficient (Wildman–Crippen LogP) is 2.02. The van der Waals surface area contributed by atoms with Gasteiger partial charge in [0.1, 0.15) is 0 Å². The fraction of sp³-hybridized carbons (Fsp3) is 0.625. The number of fused-ring (bicyclic) bond motifs is 1. The molecule has 0 aliphatic heterocycles. The van der Waals surface area contributed by atoms with E-state index in [0.717, 1.165) is 0 Å². The first kappa shape index (κ1) is 5.96. The molecule has 0 aromatic carbocycles. The lowest BCUT2D eigenvalue weighted by Gasteiger charge is -1.99. The number of H-pyrrole nitrogens is 1. The molecule has 0 saturated carbocycles. The molecular weight excluding hydrogens is 124 g/mol. The molecule has 1 heterocycles. The van der Waals surface area contributed by atoms with E-state index >= 15 is 0 Å². The fourth-order valence-electron chi connectivity index (χ4n) is 1.87. The van der Waals surface area contributed by atoms with Crippen LogP contribution in [0.25, 0.3) is 0 Å². The highest BCUT2D eigenvalue weighted by Crippen LogP contribution is 2.39. The summed E-state index contributed by atoms with van der Waals surface area (Å²) in [6.45, 7) is 4.51. The van der Waals surface area contributed by atoms with Crippen molar-refractivity contribution in [1.29, 1.82) is 0 Å². The molecule has 2 heteroatoms. The molecule has 2 nitrogen and oxygen atoms in total. The molecule has 1 aromatic heterocycles. The summed E-state index contributed by atoms with van der Waals surface area (Å²) < 4.78 is 0. The van der Waals surface area contributed by atoms with Crippen molar-refractivity contribution in [2.45, 2.75) is 32.1 Å². The molecule has 1 aromatic rings. The molecule has 1 aliphatic carbocycles. The third-order valence-electron chi connectivity index (χ3n) is 2.43. The van der Waals surface area contributed by atoms with E-state index < -0.39 is 0 Å². The number of nitrogens with zero attached hydrogens (tertiary/aromatic N) is 1. The first-order valence-corrected chi connectivity index (χ1v) is 3.82. The molecule has 0 bridgehead atoms. The van der Waals surface area contributed by atoms with Crippen LogP contribution in [0.15, 0.2) is 6.20 Å². The molecule has 10 heavy (non-hydrogen) atoms. The van der Waals surface area contributed by atoms with Crippen LogP contribution < -0.4 is 0 Å². The van der Waals surface area contributed by atoms with E-state index in [1.54, 1.807) is 0 Å². The molecule has 2 atom stereocenters. The van der Waals surface area contributed by atoms with E-state index in [0.29, 0.717) is 11.8 Å². The van der Waals surface area contributed by atoms with Crippen LogP contribution in [0.3, 0.4) is 0 Å². The van der Waals surface area contributed by atoms with Gasteiger partial charge in [-0.05, 0) is 23.8 Å². The lowest BCUT2D eigenvalue weighted by Crippen LogP contribution is -1.87. The average molecular weight is 136 g/mol. The second-order valence-electron chi connectivity index (χ2n) is 3.28. The zero-order chi connectivity index (χ0) is 7.14. The third-order valence-corrected chi connectivity index (χ3v) is 2.43. The standard InChI is InChI=1S/C8H12N2/c1-5-3-6(2)8-7(5)4-9-10-8/h4-6H,3H2,1-2H3,(H,9,10)/t5-,6+/m0/s1. The van der Waals surface area contributed by atoms with Crippen LogP contribution in [0.4, 0.5) is 0 Å². The van der Waals surface area contributed by atoms with Gasteiger partial charge < -0.3 is 0 Å². The van der Waals surface area contributed by atoms with Crippen molar-refractivity contribution in [3.05, 3.63) is 17.5 Å². The Morgan fingerprint density at radius 3 is 3.00 bits per heavy atom. The Morgan fingerprint density at radius 1 is 1.50 bits per heavy atom. The quantitative estimate of drug-likeness (QED) is 0.580. The Kier molecular flexibility index (Phi) is 1.10. The number of rotatable bonds is 0. The van der Waals surface area contributed by atoms with Crippen LogP contribution in [0, 0.1) is 0 Å². The Bertz CT molecular complexity index is 217. The maximum Gasteiger partial charge on any atom is 0.0524 e. The number of hydrogen-bond acceptors (Lipinski definition) is 1. The van der Waals surface area contributed by atoms with E-state index in [1.807, 2.05) is 6.20 Å². The summed E-state index contributed by atoms with van der Waals surface area (Å²) in [6, 6.07) is 0. The maximum atomic E-state index is 4.02. The van der Waals surface area contributed by atoms with Gasteiger partial charge in [0, 0.05) is 5.69 Å². The molecule has 0 amide bonds. The first-order valence-electron chi connectivity index (χ1n) is 3.82. The highest BCUT2D eigenvalue weighted by Gasteiger charge is 2.26. The van der Waals surface area contributed by atoms with Gasteiger partial charge in [-0.15, -0.1) is 0 Å². The van der Waals surface area contributed by atoms with Gasteiger partial charge in [-0.25, -0.2) is 0 Å². The predicted molar refractivity (Wildman–Crippen MR) is 40.0 cm³/mol. The average Bonchev–Trinajstić information content (AvgIpc) is 2.39. The molecule has 1 N–H and O–H groups in total. The van der Waals surface area contributed by atoms with Gasteiger partial charge in [-0.2, -0.15) is 5.10 Å². The third kappa shape index (κ3) is 0.618. The second-order valence-corrected chi connectivity index (χ2v) is 3.28. The molecule has 0 unspecified atom stereocenters. The largest absolute Gasteiger partial charge is 0.282 e. The Morgan fingerprint density at radius 2 is 2.30 bits per heavy atom. The summed E-state index contributed by atoms with van der Waals surface area (Å²) in [4.78, 5) is 0. The number of aromatic nitrogens is 2. The second kappa shape index (κ2) is 1.84. The van der Waals surface area contributed by atoms with Crippen molar-refractivity contribution in [3.8, 4) is 0 Å². The summed E-state index contributed by atoms with van der Waals surface area (Å²) in [5.74, 6) is 1.40. The Labute approximate surface area is 60.6 Å². The highest BCUT2D eigenvalue weighted by atomic mass is 15.1. The van der Waals surface area contributed by atoms with Gasteiger partial charge in [-0.3, -0.25) is 5.10 Å². The molecule has 0 saturated heterocycles. The molecule has 1 aliphatic rings. The van der Waals surface area contributed by atoms with E-state index in [2.05, 4.69) is 24.0 Å². The zero-order valence-corrected chi connectivity index (χ0v) is 6.39. The van der Waals surface area contributed by atoms with Crippen LogP contribution in [-0.2, 0) is 0 Å². The summed E-state index contributed by atoms with van der Waals surface area (Å²) >= 11 is 0. The number of nitrogens with one attached hydrogen (secondary N) is 1. The van der Waals surface area contributed by atoms with Crippen molar-refractivity contribution < 1.29 is 0 Å². The van der Waals surface area contributed by atoms with E-state index in [1.165, 1.54) is 17.7 Å². The lowest BCUT2D eigenvalue weighted by atomic mass is 10.1. The van der Waals surface area contributed by atoms with Gasteiger partial charge in [0.25, 0.3) is 0 Å². The number of hydrogen-bond donors (Lipinski definition) is 1. The van der Waals surface area contributed by atoms with Gasteiger partial charge in [0.15, 0.2) is 0 Å². The van der Waals surface area contributed by atoms with Gasteiger partial charge >= 0.3 is 0 Å². The molecule has 0 fully saturated rings. The van der Waals surface area contributed by atoms with Crippen LogP contribution in [0.2, 0.25) is 0 Å². The highest BCUT2D eigenvalue weighted by molar-refractivity contribution is 5.29. The zero-order valence-electron chi connectivity index (χ0n) is 6.39. The smallest absolute Gasteiger partial charge is 0.0524 e. The normalized spacial score (nSPS) is 30.6. The lowest BCUT2D eigenvalue weighted by molar-refractivity contribution is 0.644. The van der Waals surface area contributed by atoms with Crippen LogP contribution in [0.5, 0.6) is 0 Å². The number of aromatic amines is 1. The van der Waals surface area contributed by atoms with Gasteiger partial charge in [0.05, 0.1) is 6.20 Å². The summed E-state index contributed by atoms with van der Waals surface area (Å²) in [7, 11) is 0. The summed E-state index contributed by atoms with van der Waals surface area (Å²) in [5, 5.41) is 7.07. The van der Waals surface area contributed by atoms with Crippen molar-refractivity contribution in [2.75, 3.05) is 0 Å². The van der Waals surface area contributed by atoms with Crippen molar-refractivity contribution in [2.24, 2.45) is 0 Å². The maximum absolute atomic E-state index is 4.02. The van der Waals surface area contributed by atoms with Crippen LogP contribution in [0.1, 0.15) is 43.4 Å².